The molecule has 7 heteroatoms. The van der Waals surface area contributed by atoms with Crippen molar-refractivity contribution in [2.75, 3.05) is 58.9 Å². The number of rotatable bonds is 8. The van der Waals surface area contributed by atoms with Gasteiger partial charge in [0.1, 0.15) is 0 Å². The fraction of sp³-hybridized carbons (Fsp3) is 0.720. The summed E-state index contributed by atoms with van der Waals surface area (Å²) >= 11 is 0. The van der Waals surface area contributed by atoms with Crippen LogP contribution in [0.2, 0.25) is 0 Å². The third kappa shape index (κ3) is 8.80. The third-order valence-electron chi connectivity index (χ3n) is 6.51. The van der Waals surface area contributed by atoms with E-state index in [1.807, 2.05) is 0 Å². The van der Waals surface area contributed by atoms with Gasteiger partial charge in [-0.25, -0.2) is 0 Å². The van der Waals surface area contributed by atoms with Gasteiger partial charge in [-0.2, -0.15) is 0 Å². The Morgan fingerprint density at radius 2 is 1.69 bits per heavy atom. The number of likely N-dealkylation sites (tertiary alicyclic amines) is 1. The Labute approximate surface area is 212 Å². The standard InChI is InChI=1S/C25H43N5O.HI/c1-4-26-25(27-12-5-13-28-14-10-24(31)11-15-28)30-18-16-29(17-19-30)20-22-6-8-23(9-7-22)21(2)3;/h6-9,21,24,31H,4-5,10-20H2,1-3H3,(H,26,27);1H. The molecule has 32 heavy (non-hydrogen) atoms. The van der Waals surface area contributed by atoms with E-state index in [9.17, 15) is 5.11 Å². The lowest BCUT2D eigenvalue weighted by Crippen LogP contribution is -2.52. The Morgan fingerprint density at radius 3 is 2.28 bits per heavy atom. The van der Waals surface area contributed by atoms with Gasteiger partial charge in [0.25, 0.3) is 0 Å². The molecular weight excluding hydrogens is 513 g/mol. The van der Waals surface area contributed by atoms with Crippen LogP contribution in [-0.2, 0) is 6.54 Å². The first-order chi connectivity index (χ1) is 15.0. The minimum Gasteiger partial charge on any atom is -0.393 e. The summed E-state index contributed by atoms with van der Waals surface area (Å²) < 4.78 is 0. The first-order valence-corrected chi connectivity index (χ1v) is 12.3. The molecule has 0 unspecified atom stereocenters. The molecule has 0 aromatic heterocycles. The van der Waals surface area contributed by atoms with Gasteiger partial charge in [-0.1, -0.05) is 38.1 Å². The van der Waals surface area contributed by atoms with E-state index in [0.29, 0.717) is 5.92 Å². The summed E-state index contributed by atoms with van der Waals surface area (Å²) in [7, 11) is 0. The molecule has 0 bridgehead atoms. The van der Waals surface area contributed by atoms with Crippen LogP contribution in [0, 0.1) is 0 Å². The van der Waals surface area contributed by atoms with E-state index >= 15 is 0 Å². The van der Waals surface area contributed by atoms with Gasteiger partial charge in [0.15, 0.2) is 5.96 Å². The maximum Gasteiger partial charge on any atom is 0.194 e. The molecule has 182 valence electrons. The number of nitrogens with one attached hydrogen (secondary N) is 1. The van der Waals surface area contributed by atoms with Gasteiger partial charge < -0.3 is 20.2 Å². The highest BCUT2D eigenvalue weighted by molar-refractivity contribution is 14.0. The molecule has 0 aliphatic carbocycles. The zero-order chi connectivity index (χ0) is 22.1. The van der Waals surface area contributed by atoms with Crippen LogP contribution in [0.25, 0.3) is 0 Å². The van der Waals surface area contributed by atoms with Gasteiger partial charge in [-0.15, -0.1) is 24.0 Å². The first kappa shape index (κ1) is 27.3. The van der Waals surface area contributed by atoms with Crippen LogP contribution in [0.3, 0.4) is 0 Å². The van der Waals surface area contributed by atoms with E-state index in [-0.39, 0.29) is 30.1 Å². The lowest BCUT2D eigenvalue weighted by Gasteiger charge is -2.36. The summed E-state index contributed by atoms with van der Waals surface area (Å²) in [5, 5.41) is 13.1. The van der Waals surface area contributed by atoms with Gasteiger partial charge in [0.2, 0.25) is 0 Å². The van der Waals surface area contributed by atoms with Crippen molar-refractivity contribution in [3.05, 3.63) is 35.4 Å². The Balaban J connectivity index is 0.00000363. The van der Waals surface area contributed by atoms with Crippen molar-refractivity contribution < 1.29 is 5.11 Å². The molecule has 0 amide bonds. The van der Waals surface area contributed by atoms with Crippen LogP contribution in [0.5, 0.6) is 0 Å². The molecule has 2 fully saturated rings. The maximum absolute atomic E-state index is 9.64. The maximum atomic E-state index is 9.64. The van der Waals surface area contributed by atoms with E-state index in [1.165, 1.54) is 11.1 Å². The van der Waals surface area contributed by atoms with E-state index in [0.717, 1.165) is 90.7 Å². The highest BCUT2D eigenvalue weighted by atomic mass is 127. The van der Waals surface area contributed by atoms with Gasteiger partial charge >= 0.3 is 0 Å². The fourth-order valence-electron chi connectivity index (χ4n) is 4.43. The predicted octanol–water partition coefficient (Wildman–Crippen LogP) is 3.36. The molecular formula is C25H44IN5O. The largest absolute Gasteiger partial charge is 0.393 e. The number of hydrogen-bond donors (Lipinski definition) is 2. The van der Waals surface area contributed by atoms with Crippen molar-refractivity contribution in [3.63, 3.8) is 0 Å². The average Bonchev–Trinajstić information content (AvgIpc) is 2.78. The topological polar surface area (TPSA) is 54.3 Å². The summed E-state index contributed by atoms with van der Waals surface area (Å²) in [6.07, 6.45) is 2.82. The van der Waals surface area contributed by atoms with Crippen molar-refractivity contribution in [1.82, 2.24) is 20.0 Å². The Kier molecular flexibility index (Phi) is 12.3. The monoisotopic (exact) mass is 557 g/mol. The SMILES string of the molecule is CCNC(=NCCCN1CCC(O)CC1)N1CCN(Cc2ccc(C(C)C)cc2)CC1.I. The van der Waals surface area contributed by atoms with Crippen LogP contribution in [0.4, 0.5) is 0 Å². The van der Waals surface area contributed by atoms with Crippen molar-refractivity contribution in [3.8, 4) is 0 Å². The Morgan fingerprint density at radius 1 is 1.03 bits per heavy atom. The number of guanidine groups is 1. The highest BCUT2D eigenvalue weighted by Crippen LogP contribution is 2.16. The molecule has 6 nitrogen and oxygen atoms in total. The van der Waals surface area contributed by atoms with Crippen molar-refractivity contribution in [1.29, 1.82) is 0 Å². The van der Waals surface area contributed by atoms with Gasteiger partial charge in [-0.3, -0.25) is 9.89 Å². The quantitative estimate of drug-likeness (QED) is 0.222. The number of hydrogen-bond acceptors (Lipinski definition) is 4. The molecule has 2 saturated heterocycles. The zero-order valence-corrected chi connectivity index (χ0v) is 22.6. The van der Waals surface area contributed by atoms with E-state index in [2.05, 4.69) is 65.1 Å². The second-order valence-corrected chi connectivity index (χ2v) is 9.32. The number of piperidine rings is 1. The molecule has 0 spiro atoms. The number of nitrogens with zero attached hydrogens (tertiary/aromatic N) is 4. The number of aliphatic hydroxyl groups is 1. The van der Waals surface area contributed by atoms with Gasteiger partial charge in [0.05, 0.1) is 6.10 Å². The Hall–Kier alpha value is -0.900. The molecule has 1 aromatic carbocycles. The molecule has 2 aliphatic heterocycles. The molecule has 0 atom stereocenters. The number of benzene rings is 1. The predicted molar refractivity (Wildman–Crippen MR) is 145 cm³/mol. The molecule has 2 aliphatic rings. The number of aliphatic imine (C=N–C) groups is 1. The van der Waals surface area contributed by atoms with Gasteiger partial charge in [-0.05, 0) is 49.8 Å². The van der Waals surface area contributed by atoms with Crippen molar-refractivity contribution in [2.45, 2.75) is 58.6 Å². The van der Waals surface area contributed by atoms with Gasteiger partial charge in [0, 0.05) is 58.9 Å². The summed E-state index contributed by atoms with van der Waals surface area (Å²) in [6.45, 7) is 16.8. The highest BCUT2D eigenvalue weighted by Gasteiger charge is 2.20. The smallest absolute Gasteiger partial charge is 0.194 e. The minimum absolute atomic E-state index is 0. The average molecular weight is 558 g/mol. The lowest BCUT2D eigenvalue weighted by molar-refractivity contribution is 0.0824. The van der Waals surface area contributed by atoms with Crippen molar-refractivity contribution >= 4 is 29.9 Å². The molecule has 2 heterocycles. The summed E-state index contributed by atoms with van der Waals surface area (Å²) in [4.78, 5) is 12.3. The van der Waals surface area contributed by atoms with Crippen LogP contribution < -0.4 is 5.32 Å². The van der Waals surface area contributed by atoms with Crippen LogP contribution in [-0.4, -0.2) is 90.8 Å². The molecule has 0 saturated carbocycles. The fourth-order valence-corrected chi connectivity index (χ4v) is 4.43. The summed E-state index contributed by atoms with van der Waals surface area (Å²) in [5.74, 6) is 1.66. The molecule has 1 aromatic rings. The second kappa shape index (κ2) is 14.4. The normalized spacial score (nSPS) is 19.3. The van der Waals surface area contributed by atoms with E-state index in [4.69, 9.17) is 4.99 Å². The van der Waals surface area contributed by atoms with Crippen molar-refractivity contribution in [2.24, 2.45) is 4.99 Å². The van der Waals surface area contributed by atoms with Crippen LogP contribution in [0.15, 0.2) is 29.3 Å². The van der Waals surface area contributed by atoms with Crippen LogP contribution in [0.1, 0.15) is 57.1 Å². The van der Waals surface area contributed by atoms with E-state index < -0.39 is 0 Å². The molecule has 2 N–H and O–H groups in total. The first-order valence-electron chi connectivity index (χ1n) is 12.3. The second-order valence-electron chi connectivity index (χ2n) is 9.32. The number of piperazine rings is 1. The number of halogens is 1. The zero-order valence-electron chi connectivity index (χ0n) is 20.3. The number of aliphatic hydroxyl groups excluding tert-OH is 1. The van der Waals surface area contributed by atoms with E-state index in [1.54, 1.807) is 0 Å². The summed E-state index contributed by atoms with van der Waals surface area (Å²) in [5.41, 5.74) is 2.82. The summed E-state index contributed by atoms with van der Waals surface area (Å²) in [6, 6.07) is 9.13. The van der Waals surface area contributed by atoms with Crippen LogP contribution >= 0.6 is 24.0 Å². The Bertz CT molecular complexity index is 665. The minimum atomic E-state index is -0.0901. The third-order valence-corrected chi connectivity index (χ3v) is 6.51. The lowest BCUT2D eigenvalue weighted by atomic mass is 10.0. The molecule has 3 rings (SSSR count). The molecule has 0 radical (unpaired) electrons.